The van der Waals surface area contributed by atoms with Crippen LogP contribution in [0.5, 0.6) is 0 Å². The van der Waals surface area contributed by atoms with Crippen LogP contribution in [0.2, 0.25) is 5.02 Å². The van der Waals surface area contributed by atoms with E-state index >= 15 is 0 Å². The van der Waals surface area contributed by atoms with Gasteiger partial charge in [-0.15, -0.1) is 11.3 Å². The second-order valence-corrected chi connectivity index (χ2v) is 10.2. The highest BCUT2D eigenvalue weighted by Crippen LogP contribution is 2.34. The first-order valence-corrected chi connectivity index (χ1v) is 11.7. The van der Waals surface area contributed by atoms with Crippen LogP contribution in [0.25, 0.3) is 22.0 Å². The van der Waals surface area contributed by atoms with Crippen LogP contribution in [0.15, 0.2) is 71.1 Å². The lowest BCUT2D eigenvalue weighted by Crippen LogP contribution is -2.10. The fraction of sp³-hybridized carbons (Fsp3) is 0.0476. The number of thiophene rings is 1. The smallest absolute Gasteiger partial charge is 0.265 e. The van der Waals surface area contributed by atoms with E-state index in [0.717, 1.165) is 34.1 Å². The number of amides is 1. The summed E-state index contributed by atoms with van der Waals surface area (Å²) in [6.07, 6.45) is 2.83. The molecule has 4 aromatic rings. The summed E-state index contributed by atoms with van der Waals surface area (Å²) < 4.78 is 23.4. The van der Waals surface area contributed by atoms with E-state index in [2.05, 4.69) is 10.3 Å². The summed E-state index contributed by atoms with van der Waals surface area (Å²) in [4.78, 5) is 17.4. The van der Waals surface area contributed by atoms with E-state index in [0.29, 0.717) is 21.2 Å². The Balaban J connectivity index is 1.69. The first-order valence-electron chi connectivity index (χ1n) is 8.58. The molecule has 1 N–H and O–H groups in total. The van der Waals surface area contributed by atoms with Crippen molar-refractivity contribution in [3.63, 3.8) is 0 Å². The highest BCUT2D eigenvalue weighted by molar-refractivity contribution is 7.92. The van der Waals surface area contributed by atoms with Gasteiger partial charge in [0.25, 0.3) is 5.91 Å². The zero-order valence-corrected chi connectivity index (χ0v) is 17.6. The predicted molar refractivity (Wildman–Crippen MR) is 118 cm³/mol. The number of halogens is 1. The molecular weight excluding hydrogens is 428 g/mol. The van der Waals surface area contributed by atoms with Crippen molar-refractivity contribution in [1.29, 1.82) is 0 Å². The Morgan fingerprint density at radius 3 is 2.62 bits per heavy atom. The Labute approximate surface area is 176 Å². The zero-order valence-electron chi connectivity index (χ0n) is 15.2. The van der Waals surface area contributed by atoms with Crippen molar-refractivity contribution >= 4 is 55.1 Å². The van der Waals surface area contributed by atoms with Gasteiger partial charge < -0.3 is 5.32 Å². The third-order valence-corrected chi connectivity index (χ3v) is 7.56. The number of carbonyl (C=O) groups excluding carboxylic acids is 1. The maximum atomic E-state index is 12.6. The van der Waals surface area contributed by atoms with Gasteiger partial charge in [0.05, 0.1) is 15.6 Å². The minimum Gasteiger partial charge on any atom is -0.321 e. The van der Waals surface area contributed by atoms with E-state index in [1.54, 1.807) is 24.4 Å². The third-order valence-electron chi connectivity index (χ3n) is 4.32. The Hall–Kier alpha value is -2.74. The van der Waals surface area contributed by atoms with E-state index < -0.39 is 9.84 Å². The number of pyridine rings is 1. The largest absolute Gasteiger partial charge is 0.321 e. The molecule has 1 amide bonds. The second kappa shape index (κ2) is 7.59. The SMILES string of the molecule is CS(=O)(=O)c1ccc(C(=O)Nc2ccc(Cl)c(-c3nccc4ccccc34)c2)s1. The Morgan fingerprint density at radius 1 is 1.07 bits per heavy atom. The van der Waals surface area contributed by atoms with Crippen molar-refractivity contribution in [2.75, 3.05) is 11.6 Å². The fourth-order valence-electron chi connectivity index (χ4n) is 2.95. The predicted octanol–water partition coefficient (Wildman–Crippen LogP) is 5.27. The van der Waals surface area contributed by atoms with Gasteiger partial charge in [0.15, 0.2) is 9.84 Å². The molecule has 0 saturated heterocycles. The molecule has 8 heteroatoms. The molecule has 5 nitrogen and oxygen atoms in total. The number of benzene rings is 2. The molecule has 0 fully saturated rings. The van der Waals surface area contributed by atoms with Crippen LogP contribution in [-0.2, 0) is 9.84 Å². The normalized spacial score (nSPS) is 11.5. The van der Waals surface area contributed by atoms with Crippen molar-refractivity contribution in [1.82, 2.24) is 4.98 Å². The van der Waals surface area contributed by atoms with Crippen LogP contribution in [0.3, 0.4) is 0 Å². The number of nitrogens with one attached hydrogen (secondary N) is 1. The fourth-order valence-corrected chi connectivity index (χ4v) is 4.98. The molecule has 0 unspecified atom stereocenters. The van der Waals surface area contributed by atoms with Crippen LogP contribution >= 0.6 is 22.9 Å². The Morgan fingerprint density at radius 2 is 1.86 bits per heavy atom. The number of anilines is 1. The van der Waals surface area contributed by atoms with Gasteiger partial charge in [0, 0.05) is 29.1 Å². The summed E-state index contributed by atoms with van der Waals surface area (Å²) in [6.45, 7) is 0. The van der Waals surface area contributed by atoms with Gasteiger partial charge >= 0.3 is 0 Å². The molecular formula is C21H15ClN2O3S2. The van der Waals surface area contributed by atoms with Crippen molar-refractivity contribution < 1.29 is 13.2 Å². The van der Waals surface area contributed by atoms with Gasteiger partial charge in [0.2, 0.25) is 0 Å². The molecule has 29 heavy (non-hydrogen) atoms. The molecule has 0 aliphatic carbocycles. The van der Waals surface area contributed by atoms with Crippen LogP contribution in [0.1, 0.15) is 9.67 Å². The summed E-state index contributed by atoms with van der Waals surface area (Å²) in [5.41, 5.74) is 1.96. The molecule has 0 spiro atoms. The molecule has 0 aliphatic rings. The van der Waals surface area contributed by atoms with E-state index in [1.165, 1.54) is 12.1 Å². The zero-order chi connectivity index (χ0) is 20.6. The lowest BCUT2D eigenvalue weighted by molar-refractivity contribution is 0.103. The number of hydrogen-bond donors (Lipinski definition) is 1. The molecule has 0 atom stereocenters. The van der Waals surface area contributed by atoms with Crippen LogP contribution < -0.4 is 5.32 Å². The van der Waals surface area contributed by atoms with E-state index in [1.807, 2.05) is 30.3 Å². The number of fused-ring (bicyclic) bond motifs is 1. The quantitative estimate of drug-likeness (QED) is 0.467. The van der Waals surface area contributed by atoms with Crippen molar-refractivity contribution in [2.24, 2.45) is 0 Å². The number of nitrogens with zero attached hydrogens (tertiary/aromatic N) is 1. The Kier molecular flexibility index (Phi) is 5.12. The number of hydrogen-bond acceptors (Lipinski definition) is 5. The van der Waals surface area contributed by atoms with Crippen LogP contribution in [0, 0.1) is 0 Å². The summed E-state index contributed by atoms with van der Waals surface area (Å²) in [7, 11) is -3.34. The lowest BCUT2D eigenvalue weighted by atomic mass is 10.0. The van der Waals surface area contributed by atoms with Gasteiger partial charge in [-0.2, -0.15) is 0 Å². The number of aromatic nitrogens is 1. The number of sulfone groups is 1. The maximum Gasteiger partial charge on any atom is 0.265 e. The van der Waals surface area contributed by atoms with Crippen molar-refractivity contribution in [2.45, 2.75) is 4.21 Å². The molecule has 0 radical (unpaired) electrons. The van der Waals surface area contributed by atoms with Gasteiger partial charge in [-0.1, -0.05) is 35.9 Å². The molecule has 4 rings (SSSR count). The first-order chi connectivity index (χ1) is 13.8. The molecule has 0 aliphatic heterocycles. The van der Waals surface area contributed by atoms with Crippen molar-refractivity contribution in [3.8, 4) is 11.3 Å². The van der Waals surface area contributed by atoms with Gasteiger partial charge in [-0.05, 0) is 41.8 Å². The topological polar surface area (TPSA) is 76.1 Å². The van der Waals surface area contributed by atoms with Crippen LogP contribution in [-0.4, -0.2) is 25.6 Å². The molecule has 0 saturated carbocycles. The summed E-state index contributed by atoms with van der Waals surface area (Å²) in [6, 6.07) is 17.9. The van der Waals surface area contributed by atoms with E-state index in [4.69, 9.17) is 11.6 Å². The minimum atomic E-state index is -3.34. The first kappa shape index (κ1) is 19.6. The summed E-state index contributed by atoms with van der Waals surface area (Å²) in [5, 5.41) is 5.31. The summed E-state index contributed by atoms with van der Waals surface area (Å²) in [5.74, 6) is -0.385. The molecule has 2 aromatic heterocycles. The minimum absolute atomic E-state index is 0.152. The summed E-state index contributed by atoms with van der Waals surface area (Å²) >= 11 is 7.36. The van der Waals surface area contributed by atoms with Crippen molar-refractivity contribution in [3.05, 3.63) is 76.8 Å². The second-order valence-electron chi connectivity index (χ2n) is 6.42. The highest BCUT2D eigenvalue weighted by Gasteiger charge is 2.16. The number of rotatable bonds is 4. The Bertz CT molecular complexity index is 1340. The standard InChI is InChI=1S/C21H15ClN2O3S2/c1-29(26,27)19-9-8-18(28-19)21(25)24-14-6-7-17(22)16(12-14)20-15-5-3-2-4-13(15)10-11-23-20/h2-12H,1H3,(H,24,25). The molecule has 2 heterocycles. The van der Waals surface area contributed by atoms with Gasteiger partial charge in [-0.25, -0.2) is 8.42 Å². The van der Waals surface area contributed by atoms with E-state index in [-0.39, 0.29) is 10.1 Å². The average molecular weight is 443 g/mol. The third kappa shape index (κ3) is 4.03. The van der Waals surface area contributed by atoms with Gasteiger partial charge in [-0.3, -0.25) is 9.78 Å². The molecule has 146 valence electrons. The highest BCUT2D eigenvalue weighted by atomic mass is 35.5. The average Bonchev–Trinajstić information content (AvgIpc) is 3.20. The maximum absolute atomic E-state index is 12.6. The number of carbonyl (C=O) groups is 1. The lowest BCUT2D eigenvalue weighted by Gasteiger charge is -2.10. The van der Waals surface area contributed by atoms with E-state index in [9.17, 15) is 13.2 Å². The van der Waals surface area contributed by atoms with Crippen LogP contribution in [0.4, 0.5) is 5.69 Å². The molecule has 2 aromatic carbocycles. The van der Waals surface area contributed by atoms with Gasteiger partial charge in [0.1, 0.15) is 4.21 Å². The molecule has 0 bridgehead atoms. The monoisotopic (exact) mass is 442 g/mol.